The van der Waals surface area contributed by atoms with E-state index in [0.29, 0.717) is 17.0 Å². The van der Waals surface area contributed by atoms with Gasteiger partial charge in [-0.1, -0.05) is 12.1 Å². The summed E-state index contributed by atoms with van der Waals surface area (Å²) < 4.78 is 33.4. The Balaban J connectivity index is 1.34. The Morgan fingerprint density at radius 1 is 1.16 bits per heavy atom. The predicted molar refractivity (Wildman–Crippen MR) is 129 cm³/mol. The van der Waals surface area contributed by atoms with E-state index in [1.165, 1.54) is 24.4 Å². The van der Waals surface area contributed by atoms with Crippen molar-refractivity contribution in [3.05, 3.63) is 66.2 Å². The predicted octanol–water partition coefficient (Wildman–Crippen LogP) is 1.60. The van der Waals surface area contributed by atoms with Gasteiger partial charge in [0.2, 0.25) is 0 Å². The zero-order chi connectivity index (χ0) is 26.2. The van der Waals surface area contributed by atoms with Gasteiger partial charge in [0.1, 0.15) is 17.6 Å². The molecule has 3 heterocycles. The molecule has 0 unspecified atom stereocenters. The van der Waals surface area contributed by atoms with Crippen molar-refractivity contribution in [2.45, 2.75) is 11.4 Å². The van der Waals surface area contributed by atoms with Crippen LogP contribution in [-0.4, -0.2) is 52.2 Å². The number of aromatic nitrogens is 3. The van der Waals surface area contributed by atoms with Crippen LogP contribution in [0.2, 0.25) is 0 Å². The summed E-state index contributed by atoms with van der Waals surface area (Å²) in [5.41, 5.74) is 1.46. The summed E-state index contributed by atoms with van der Waals surface area (Å²) in [6.45, 7) is 0.0636. The third-order valence-electron chi connectivity index (χ3n) is 5.41. The molecule has 0 spiro atoms. The molecule has 0 radical (unpaired) electrons. The molecule has 15 heteroatoms. The van der Waals surface area contributed by atoms with E-state index >= 15 is 0 Å². The van der Waals surface area contributed by atoms with Crippen molar-refractivity contribution in [2.75, 3.05) is 21.9 Å². The van der Waals surface area contributed by atoms with Crippen LogP contribution in [0.5, 0.6) is 5.75 Å². The Morgan fingerprint density at radius 3 is 2.81 bits per heavy atom. The minimum atomic E-state index is -4.14. The molecule has 0 atom stereocenters. The fraction of sp³-hybridized carbons (Fsp3) is 0.0909. The molecule has 4 aromatic rings. The molecule has 6 N–H and O–H groups in total. The molecule has 0 bridgehead atoms. The van der Waals surface area contributed by atoms with E-state index in [-0.39, 0.29) is 57.3 Å². The number of carbonyl (C=O) groups is 2. The highest BCUT2D eigenvalue weighted by molar-refractivity contribution is 7.92. The lowest BCUT2D eigenvalue weighted by molar-refractivity contribution is -0.118. The van der Waals surface area contributed by atoms with Gasteiger partial charge in [-0.25, -0.2) is 18.4 Å². The van der Waals surface area contributed by atoms with Gasteiger partial charge in [-0.3, -0.25) is 24.7 Å². The van der Waals surface area contributed by atoms with Gasteiger partial charge in [-0.05, 0) is 35.9 Å². The number of carbonyl (C=O) groups excluding carboxylic acids is 2. The normalized spacial score (nSPS) is 12.9. The second-order valence-corrected chi connectivity index (χ2v) is 9.57. The average molecular weight is 526 g/mol. The number of hydrogen-bond donors (Lipinski definition) is 6. The molecule has 0 fully saturated rings. The number of sulfonamides is 1. The minimum Gasteiger partial charge on any atom is -0.482 e. The van der Waals surface area contributed by atoms with Crippen LogP contribution < -0.4 is 25.3 Å². The van der Waals surface area contributed by atoms with Crippen molar-refractivity contribution in [3.8, 4) is 5.75 Å². The highest BCUT2D eigenvalue weighted by Crippen LogP contribution is 2.29. The summed E-state index contributed by atoms with van der Waals surface area (Å²) >= 11 is 0. The summed E-state index contributed by atoms with van der Waals surface area (Å²) in [6, 6.07) is 10.1. The SMILES string of the molecule is O=C1COc2ccc(CNC(=O)c3ncnc4c(NS(=O)(=O)c5cccc(N(O)O)c5)c[nH]c34)cc2N1. The van der Waals surface area contributed by atoms with E-state index in [4.69, 9.17) is 15.2 Å². The van der Waals surface area contributed by atoms with E-state index in [2.05, 4.69) is 30.3 Å². The van der Waals surface area contributed by atoms with E-state index in [1.54, 1.807) is 18.2 Å². The Labute approximate surface area is 208 Å². The third-order valence-corrected chi connectivity index (χ3v) is 6.77. The summed E-state index contributed by atoms with van der Waals surface area (Å²) in [4.78, 5) is 35.1. The van der Waals surface area contributed by atoms with Crippen LogP contribution in [0.3, 0.4) is 0 Å². The highest BCUT2D eigenvalue weighted by atomic mass is 32.2. The topological polar surface area (TPSA) is 199 Å². The van der Waals surface area contributed by atoms with Gasteiger partial charge >= 0.3 is 0 Å². The second-order valence-electron chi connectivity index (χ2n) is 7.89. The molecule has 5 rings (SSSR count). The van der Waals surface area contributed by atoms with Crippen molar-refractivity contribution < 1.29 is 33.2 Å². The second kappa shape index (κ2) is 9.38. The zero-order valence-electron chi connectivity index (χ0n) is 18.8. The number of rotatable bonds is 7. The van der Waals surface area contributed by atoms with E-state index in [9.17, 15) is 18.0 Å². The molecule has 0 saturated heterocycles. The third kappa shape index (κ3) is 4.86. The molecule has 37 heavy (non-hydrogen) atoms. The first-order valence-electron chi connectivity index (χ1n) is 10.7. The van der Waals surface area contributed by atoms with Gasteiger partial charge < -0.3 is 20.4 Å². The van der Waals surface area contributed by atoms with Crippen molar-refractivity contribution in [1.82, 2.24) is 20.3 Å². The first-order valence-corrected chi connectivity index (χ1v) is 12.2. The number of hydrogen-bond acceptors (Lipinski definition) is 10. The monoisotopic (exact) mass is 525 g/mol. The lowest BCUT2D eigenvalue weighted by atomic mass is 10.1. The number of nitrogens with one attached hydrogen (secondary N) is 4. The summed E-state index contributed by atoms with van der Waals surface area (Å²) in [5, 5.41) is 23.6. The maximum atomic E-state index is 12.9. The molecule has 14 nitrogen and oxygen atoms in total. The molecule has 0 saturated carbocycles. The van der Waals surface area contributed by atoms with Crippen LogP contribution in [0.25, 0.3) is 11.0 Å². The first-order chi connectivity index (χ1) is 17.7. The Kier molecular flexibility index (Phi) is 6.08. The van der Waals surface area contributed by atoms with Gasteiger partial charge in [-0.2, -0.15) is 0 Å². The lowest BCUT2D eigenvalue weighted by Gasteiger charge is -2.18. The van der Waals surface area contributed by atoms with Gasteiger partial charge in [0, 0.05) is 12.7 Å². The van der Waals surface area contributed by atoms with Crippen molar-refractivity contribution >= 4 is 49.9 Å². The maximum absolute atomic E-state index is 12.9. The van der Waals surface area contributed by atoms with Crippen LogP contribution in [-0.2, 0) is 21.4 Å². The molecular weight excluding hydrogens is 506 g/mol. The van der Waals surface area contributed by atoms with E-state index in [0.717, 1.165) is 12.4 Å². The number of fused-ring (bicyclic) bond motifs is 2. The van der Waals surface area contributed by atoms with Crippen molar-refractivity contribution in [1.29, 1.82) is 0 Å². The number of nitrogens with zero attached hydrogens (tertiary/aromatic N) is 3. The molecule has 2 aromatic heterocycles. The van der Waals surface area contributed by atoms with Gasteiger partial charge in [0.25, 0.3) is 21.8 Å². The Bertz CT molecular complexity index is 1640. The first kappa shape index (κ1) is 24.0. The molecule has 1 aliphatic heterocycles. The standard InChI is InChI=1S/C22H19N7O7S/c30-18-10-36-17-5-4-12(6-15(17)27-18)8-24-22(31)21-20-19(25-11-26-21)16(9-23-20)28-37(34,35)14-3-1-2-13(7-14)29(32)33/h1-7,9,11,23,28,32-33H,8,10H2,(H,24,31)(H,27,30). The van der Waals surface area contributed by atoms with Crippen molar-refractivity contribution in [2.24, 2.45) is 0 Å². The summed E-state index contributed by atoms with van der Waals surface area (Å²) in [7, 11) is -4.14. The quantitative estimate of drug-likeness (QED) is 0.193. The van der Waals surface area contributed by atoms with E-state index < -0.39 is 15.9 Å². The van der Waals surface area contributed by atoms with Crippen LogP contribution in [0.15, 0.2) is 59.9 Å². The van der Waals surface area contributed by atoms with Gasteiger partial charge in [0.05, 0.1) is 27.5 Å². The number of anilines is 3. The van der Waals surface area contributed by atoms with Crippen molar-refractivity contribution in [3.63, 3.8) is 0 Å². The fourth-order valence-electron chi connectivity index (χ4n) is 3.67. The molecule has 190 valence electrons. The molecular formula is C22H19N7O7S. The Morgan fingerprint density at radius 2 is 2.00 bits per heavy atom. The zero-order valence-corrected chi connectivity index (χ0v) is 19.6. The summed E-state index contributed by atoms with van der Waals surface area (Å²) in [6.07, 6.45) is 2.46. The maximum Gasteiger partial charge on any atom is 0.272 e. The lowest BCUT2D eigenvalue weighted by Crippen LogP contribution is -2.26. The van der Waals surface area contributed by atoms with Crippen LogP contribution in [0, 0.1) is 0 Å². The van der Waals surface area contributed by atoms with Gasteiger partial charge in [-0.15, -0.1) is 5.23 Å². The van der Waals surface area contributed by atoms with Crippen LogP contribution in [0.1, 0.15) is 16.1 Å². The van der Waals surface area contributed by atoms with E-state index in [1.807, 2.05) is 0 Å². The number of H-pyrrole nitrogens is 1. The largest absolute Gasteiger partial charge is 0.482 e. The van der Waals surface area contributed by atoms with Gasteiger partial charge in [0.15, 0.2) is 12.3 Å². The average Bonchev–Trinajstić information content (AvgIpc) is 3.29. The van der Waals surface area contributed by atoms with Crippen LogP contribution in [0.4, 0.5) is 17.1 Å². The number of benzene rings is 2. The fourth-order valence-corrected chi connectivity index (χ4v) is 4.77. The molecule has 0 aliphatic carbocycles. The number of aromatic amines is 1. The number of amides is 2. The summed E-state index contributed by atoms with van der Waals surface area (Å²) in [5.74, 6) is -0.280. The minimum absolute atomic E-state index is 0.0109. The highest BCUT2D eigenvalue weighted by Gasteiger charge is 2.22. The molecule has 2 aromatic carbocycles. The molecule has 1 aliphatic rings. The van der Waals surface area contributed by atoms with Crippen LogP contribution >= 0.6 is 0 Å². The Hall–Kier alpha value is -4.73. The smallest absolute Gasteiger partial charge is 0.272 e. The number of ether oxygens (including phenoxy) is 1. The molecule has 2 amide bonds.